The van der Waals surface area contributed by atoms with Gasteiger partial charge in [-0.1, -0.05) is 0 Å². The van der Waals surface area contributed by atoms with E-state index in [2.05, 4.69) is 23.6 Å². The van der Waals surface area contributed by atoms with Gasteiger partial charge in [-0.3, -0.25) is 9.80 Å². The van der Waals surface area contributed by atoms with Gasteiger partial charge in [-0.15, -0.1) is 0 Å². The van der Waals surface area contributed by atoms with Crippen LogP contribution in [0, 0.1) is 0 Å². The van der Waals surface area contributed by atoms with Gasteiger partial charge in [0, 0.05) is 31.7 Å². The quantitative estimate of drug-likeness (QED) is 0.781. The Kier molecular flexibility index (Phi) is 4.79. The summed E-state index contributed by atoms with van der Waals surface area (Å²) in [7, 11) is 0. The van der Waals surface area contributed by atoms with Gasteiger partial charge in [-0.25, -0.2) is 0 Å². The van der Waals surface area contributed by atoms with Gasteiger partial charge in [-0.2, -0.15) is 0 Å². The molecule has 100 valence electrons. The highest BCUT2D eigenvalue weighted by atomic mass is 16.5. The van der Waals surface area contributed by atoms with Gasteiger partial charge in [0.25, 0.3) is 0 Å². The van der Waals surface area contributed by atoms with Crippen LogP contribution in [0.4, 0.5) is 0 Å². The maximum Gasteiger partial charge on any atom is 0.0829 e. The molecule has 0 saturated carbocycles. The Bertz CT molecular complexity index is 235. The van der Waals surface area contributed by atoms with Crippen LogP contribution >= 0.6 is 0 Å². The summed E-state index contributed by atoms with van der Waals surface area (Å²) in [6.07, 6.45) is 2.67. The molecule has 2 atom stereocenters. The highest BCUT2D eigenvalue weighted by Crippen LogP contribution is 2.19. The summed E-state index contributed by atoms with van der Waals surface area (Å²) in [6, 6.07) is 0.974. The number of aliphatic hydroxyl groups excluding tert-OH is 1. The Hall–Kier alpha value is -0.160. The minimum Gasteiger partial charge on any atom is -0.395 e. The molecular formula is C13H26N2O2. The van der Waals surface area contributed by atoms with E-state index in [-0.39, 0.29) is 0 Å². The van der Waals surface area contributed by atoms with Crippen LogP contribution in [0.3, 0.4) is 0 Å². The number of hydrogen-bond donors (Lipinski definition) is 1. The third-order valence-electron chi connectivity index (χ3n) is 4.05. The van der Waals surface area contributed by atoms with Crippen molar-refractivity contribution in [3.05, 3.63) is 0 Å². The predicted molar refractivity (Wildman–Crippen MR) is 68.1 cm³/mol. The van der Waals surface area contributed by atoms with Crippen LogP contribution < -0.4 is 0 Å². The van der Waals surface area contributed by atoms with Crippen molar-refractivity contribution in [1.82, 2.24) is 9.80 Å². The lowest BCUT2D eigenvalue weighted by atomic mass is 10.2. The number of aliphatic hydroxyl groups is 1. The molecule has 0 aliphatic carbocycles. The number of likely N-dealkylation sites (tertiary alicyclic amines) is 1. The predicted octanol–water partition coefficient (Wildman–Crippen LogP) is 0.552. The van der Waals surface area contributed by atoms with Crippen LogP contribution in [0.25, 0.3) is 0 Å². The monoisotopic (exact) mass is 242 g/mol. The maximum atomic E-state index is 9.31. The Morgan fingerprint density at radius 2 is 2.18 bits per heavy atom. The Morgan fingerprint density at radius 1 is 1.35 bits per heavy atom. The molecule has 2 fully saturated rings. The van der Waals surface area contributed by atoms with Crippen molar-refractivity contribution >= 4 is 0 Å². The molecule has 0 spiro atoms. The van der Waals surface area contributed by atoms with Gasteiger partial charge in [-0.05, 0) is 33.2 Å². The second-order valence-electron chi connectivity index (χ2n) is 5.56. The van der Waals surface area contributed by atoms with Gasteiger partial charge in [0.1, 0.15) is 0 Å². The smallest absolute Gasteiger partial charge is 0.0829 e. The molecule has 0 radical (unpaired) electrons. The zero-order valence-corrected chi connectivity index (χ0v) is 11.1. The van der Waals surface area contributed by atoms with Crippen molar-refractivity contribution in [2.24, 2.45) is 0 Å². The van der Waals surface area contributed by atoms with Crippen molar-refractivity contribution < 1.29 is 9.84 Å². The van der Waals surface area contributed by atoms with Crippen LogP contribution in [0.15, 0.2) is 0 Å². The van der Waals surface area contributed by atoms with Crippen molar-refractivity contribution in [1.29, 1.82) is 0 Å². The molecule has 2 aliphatic rings. The summed E-state index contributed by atoms with van der Waals surface area (Å²) in [5, 5.41) is 9.31. The van der Waals surface area contributed by atoms with E-state index in [1.54, 1.807) is 0 Å². The largest absolute Gasteiger partial charge is 0.395 e. The van der Waals surface area contributed by atoms with Crippen LogP contribution in [0.2, 0.25) is 0 Å². The first-order chi connectivity index (χ1) is 8.20. The molecule has 0 aromatic carbocycles. The van der Waals surface area contributed by atoms with Gasteiger partial charge < -0.3 is 9.84 Å². The van der Waals surface area contributed by atoms with Crippen LogP contribution in [-0.4, -0.2) is 72.5 Å². The standard InChI is InChI=1S/C13H26N2O2/c1-11(2)14-6-7-17-13(8-14)9-15-5-3-4-12(15)10-16/h11-13,16H,3-10H2,1-2H3/t12-,13?/m0/s1. The van der Waals surface area contributed by atoms with Crippen molar-refractivity contribution in [3.8, 4) is 0 Å². The molecule has 0 bridgehead atoms. The van der Waals surface area contributed by atoms with Gasteiger partial charge >= 0.3 is 0 Å². The van der Waals surface area contributed by atoms with Gasteiger partial charge in [0.15, 0.2) is 0 Å². The molecule has 0 amide bonds. The molecule has 1 unspecified atom stereocenters. The van der Waals surface area contributed by atoms with E-state index in [4.69, 9.17) is 4.74 Å². The van der Waals surface area contributed by atoms with Gasteiger partial charge in [0.2, 0.25) is 0 Å². The van der Waals surface area contributed by atoms with Crippen LogP contribution in [0.1, 0.15) is 26.7 Å². The normalized spacial score (nSPS) is 32.5. The number of nitrogens with zero attached hydrogens (tertiary/aromatic N) is 2. The summed E-state index contributed by atoms with van der Waals surface area (Å²) in [4.78, 5) is 4.88. The summed E-state index contributed by atoms with van der Waals surface area (Å²) in [5.74, 6) is 0. The molecule has 2 heterocycles. The lowest BCUT2D eigenvalue weighted by Gasteiger charge is -2.37. The maximum absolute atomic E-state index is 9.31. The van der Waals surface area contributed by atoms with Crippen LogP contribution in [-0.2, 0) is 4.74 Å². The van der Waals surface area contributed by atoms with E-state index in [1.165, 1.54) is 6.42 Å². The first kappa shape index (κ1) is 13.3. The molecule has 2 aliphatic heterocycles. The molecule has 4 nitrogen and oxygen atoms in total. The molecule has 4 heteroatoms. The third-order valence-corrected chi connectivity index (χ3v) is 4.05. The zero-order valence-electron chi connectivity index (χ0n) is 11.1. The first-order valence-electron chi connectivity index (χ1n) is 6.91. The molecule has 2 saturated heterocycles. The number of ether oxygens (including phenoxy) is 1. The first-order valence-corrected chi connectivity index (χ1v) is 6.91. The molecular weight excluding hydrogens is 216 g/mol. The number of rotatable bonds is 4. The molecule has 1 N–H and O–H groups in total. The van der Waals surface area contributed by atoms with Gasteiger partial charge in [0.05, 0.1) is 19.3 Å². The second-order valence-corrected chi connectivity index (χ2v) is 5.56. The average molecular weight is 242 g/mol. The molecule has 17 heavy (non-hydrogen) atoms. The topological polar surface area (TPSA) is 35.9 Å². The third kappa shape index (κ3) is 3.41. The minimum atomic E-state index is 0.292. The average Bonchev–Trinajstić information content (AvgIpc) is 2.76. The summed E-state index contributed by atoms with van der Waals surface area (Å²) < 4.78 is 5.85. The second kappa shape index (κ2) is 6.14. The number of morpholine rings is 1. The fourth-order valence-corrected chi connectivity index (χ4v) is 2.93. The van der Waals surface area contributed by atoms with E-state index in [0.29, 0.717) is 24.8 Å². The van der Waals surface area contributed by atoms with Crippen molar-refractivity contribution in [3.63, 3.8) is 0 Å². The van der Waals surface area contributed by atoms with E-state index < -0.39 is 0 Å². The Morgan fingerprint density at radius 3 is 2.88 bits per heavy atom. The van der Waals surface area contributed by atoms with E-state index >= 15 is 0 Å². The van der Waals surface area contributed by atoms with E-state index in [0.717, 1.165) is 39.2 Å². The zero-order chi connectivity index (χ0) is 12.3. The molecule has 0 aromatic heterocycles. The molecule has 0 aromatic rings. The van der Waals surface area contributed by atoms with Crippen molar-refractivity contribution in [2.75, 3.05) is 39.4 Å². The van der Waals surface area contributed by atoms with Crippen molar-refractivity contribution in [2.45, 2.75) is 44.9 Å². The minimum absolute atomic E-state index is 0.292. The van der Waals surface area contributed by atoms with E-state index in [1.807, 2.05) is 0 Å². The lowest BCUT2D eigenvalue weighted by Crippen LogP contribution is -2.50. The SMILES string of the molecule is CC(C)N1CCOC(CN2CCC[C@H]2CO)C1. The molecule has 2 rings (SSSR count). The summed E-state index contributed by atoms with van der Waals surface area (Å²) in [5.41, 5.74) is 0. The fourth-order valence-electron chi connectivity index (χ4n) is 2.93. The van der Waals surface area contributed by atoms with E-state index in [9.17, 15) is 5.11 Å². The Labute approximate surface area is 105 Å². The fraction of sp³-hybridized carbons (Fsp3) is 1.00. The Balaban J connectivity index is 1.82. The highest BCUT2D eigenvalue weighted by molar-refractivity contribution is 4.83. The summed E-state index contributed by atoms with van der Waals surface area (Å²) >= 11 is 0. The lowest BCUT2D eigenvalue weighted by molar-refractivity contribution is -0.0553. The number of hydrogen-bond acceptors (Lipinski definition) is 4. The van der Waals surface area contributed by atoms with Crippen LogP contribution in [0.5, 0.6) is 0 Å². The summed E-state index contributed by atoms with van der Waals surface area (Å²) in [6.45, 7) is 9.82. The highest BCUT2D eigenvalue weighted by Gasteiger charge is 2.29.